The highest BCUT2D eigenvalue weighted by molar-refractivity contribution is 6.14. The number of halogens is 1. The maximum Gasteiger partial charge on any atom is 0.330 e. The van der Waals surface area contributed by atoms with Crippen molar-refractivity contribution in [3.63, 3.8) is 0 Å². The maximum absolute atomic E-state index is 14.5. The number of aromatic amines is 1. The Balaban J connectivity index is 1.57. The molecule has 2 aliphatic rings. The fraction of sp³-hybridized carbons (Fsp3) is 0.391. The number of fused-ring (bicyclic) bond motifs is 5. The van der Waals surface area contributed by atoms with Gasteiger partial charge in [-0.3, -0.25) is 13.9 Å². The Bertz CT molecular complexity index is 1620. The third-order valence-electron chi connectivity index (χ3n) is 7.24. The van der Waals surface area contributed by atoms with Crippen LogP contribution >= 0.6 is 0 Å². The van der Waals surface area contributed by atoms with Crippen LogP contribution in [0.25, 0.3) is 21.9 Å². The largest absolute Gasteiger partial charge is 0.417 e. The van der Waals surface area contributed by atoms with Gasteiger partial charge in [0.15, 0.2) is 0 Å². The Morgan fingerprint density at radius 1 is 1.23 bits per heavy atom. The highest BCUT2D eigenvalue weighted by Gasteiger charge is 2.44. The molecule has 1 saturated heterocycles. The molecule has 0 radical (unpaired) electrons. The standard InChI is InChI=1S/C23H25FN8O3/c1-26-15-6-11(24)5-13-17-19(27-18(13)15)28-22(35-16-9-30(2)23(34)31(3)21(16)33)29-20(17)32-8-10-4-12(32)7-14(10)25/h5-6,9-10,12,14,26H,4,7-8,25H2,1-3H3,(H,27,28,29). The minimum atomic E-state index is -0.597. The topological polar surface area (TPSA) is 136 Å². The first-order valence-corrected chi connectivity index (χ1v) is 11.4. The maximum atomic E-state index is 14.5. The fourth-order valence-corrected chi connectivity index (χ4v) is 5.47. The van der Waals surface area contributed by atoms with Crippen LogP contribution in [0, 0.1) is 11.7 Å². The molecule has 11 nitrogen and oxygen atoms in total. The van der Waals surface area contributed by atoms with Crippen molar-refractivity contribution in [2.75, 3.05) is 23.8 Å². The quantitative estimate of drug-likeness (QED) is 0.399. The molecule has 6 rings (SSSR count). The van der Waals surface area contributed by atoms with Crippen molar-refractivity contribution >= 4 is 33.4 Å². The van der Waals surface area contributed by atoms with Gasteiger partial charge in [0, 0.05) is 45.2 Å². The fourth-order valence-electron chi connectivity index (χ4n) is 5.47. The Hall–Kier alpha value is -3.93. The molecule has 0 spiro atoms. The average Bonchev–Trinajstić information content (AvgIpc) is 3.52. The van der Waals surface area contributed by atoms with E-state index >= 15 is 0 Å². The summed E-state index contributed by atoms with van der Waals surface area (Å²) in [6, 6.07) is 3.18. The average molecular weight is 481 g/mol. The van der Waals surface area contributed by atoms with Gasteiger partial charge in [-0.15, -0.1) is 0 Å². The van der Waals surface area contributed by atoms with Gasteiger partial charge in [0.05, 0.1) is 22.8 Å². The van der Waals surface area contributed by atoms with Crippen LogP contribution in [0.15, 0.2) is 27.9 Å². The van der Waals surface area contributed by atoms with E-state index in [2.05, 4.69) is 20.2 Å². The third kappa shape index (κ3) is 3.20. The molecule has 0 amide bonds. The summed E-state index contributed by atoms with van der Waals surface area (Å²) in [5.74, 6) is 0.487. The predicted octanol–water partition coefficient (Wildman–Crippen LogP) is 1.41. The Kier molecular flexibility index (Phi) is 4.65. The second kappa shape index (κ2) is 7.54. The minimum Gasteiger partial charge on any atom is -0.417 e. The molecule has 1 saturated carbocycles. The number of benzene rings is 1. The lowest BCUT2D eigenvalue weighted by molar-refractivity contribution is 0.421. The molecule has 3 unspecified atom stereocenters. The lowest BCUT2D eigenvalue weighted by atomic mass is 10.0. The molecule has 4 aromatic rings. The van der Waals surface area contributed by atoms with Crippen LogP contribution in [0.1, 0.15) is 12.8 Å². The molecule has 1 aliphatic heterocycles. The Labute approximate surface area is 198 Å². The zero-order valence-electron chi connectivity index (χ0n) is 19.5. The number of rotatable bonds is 4. The van der Waals surface area contributed by atoms with Crippen molar-refractivity contribution in [3.8, 4) is 11.8 Å². The van der Waals surface area contributed by atoms with Crippen LogP contribution in [0.3, 0.4) is 0 Å². The van der Waals surface area contributed by atoms with Gasteiger partial charge in [0.25, 0.3) is 5.56 Å². The Morgan fingerprint density at radius 2 is 2.03 bits per heavy atom. The smallest absolute Gasteiger partial charge is 0.330 e. The van der Waals surface area contributed by atoms with Crippen molar-refractivity contribution < 1.29 is 9.13 Å². The van der Waals surface area contributed by atoms with Crippen molar-refractivity contribution in [1.29, 1.82) is 0 Å². The number of aromatic nitrogens is 5. The number of nitrogens with one attached hydrogen (secondary N) is 2. The summed E-state index contributed by atoms with van der Waals surface area (Å²) < 4.78 is 22.6. The summed E-state index contributed by atoms with van der Waals surface area (Å²) in [6.07, 6.45) is 3.11. The zero-order chi connectivity index (χ0) is 24.6. The first kappa shape index (κ1) is 21.6. The van der Waals surface area contributed by atoms with Gasteiger partial charge in [-0.2, -0.15) is 9.97 Å². The van der Waals surface area contributed by atoms with E-state index in [1.54, 1.807) is 7.05 Å². The van der Waals surface area contributed by atoms with Crippen LogP contribution in [-0.4, -0.2) is 49.8 Å². The number of H-pyrrole nitrogens is 1. The van der Waals surface area contributed by atoms with Gasteiger partial charge in [0.1, 0.15) is 17.3 Å². The van der Waals surface area contributed by atoms with Crippen LogP contribution in [0.5, 0.6) is 11.8 Å². The van der Waals surface area contributed by atoms with E-state index in [9.17, 15) is 14.0 Å². The van der Waals surface area contributed by atoms with Gasteiger partial charge in [0.2, 0.25) is 5.75 Å². The molecular formula is C23H25FN8O3. The summed E-state index contributed by atoms with van der Waals surface area (Å²) in [7, 11) is 4.62. The van der Waals surface area contributed by atoms with Gasteiger partial charge < -0.3 is 25.7 Å². The summed E-state index contributed by atoms with van der Waals surface area (Å²) in [5.41, 5.74) is 6.94. The van der Waals surface area contributed by atoms with Gasteiger partial charge in [-0.1, -0.05) is 0 Å². The molecule has 182 valence electrons. The van der Waals surface area contributed by atoms with Crippen molar-refractivity contribution in [3.05, 3.63) is 45.0 Å². The van der Waals surface area contributed by atoms with E-state index < -0.39 is 11.2 Å². The van der Waals surface area contributed by atoms with E-state index in [0.29, 0.717) is 39.4 Å². The predicted molar refractivity (Wildman–Crippen MR) is 130 cm³/mol. The van der Waals surface area contributed by atoms with Crippen LogP contribution in [-0.2, 0) is 14.1 Å². The number of anilines is 2. The number of piperidine rings is 1. The SMILES string of the molecule is CNc1cc(F)cc2c1[nH]c1nc(Oc3cn(C)c(=O)n(C)c3=O)nc(N3CC4CC3CC4N)c12. The van der Waals surface area contributed by atoms with Gasteiger partial charge in [-0.25, -0.2) is 9.18 Å². The highest BCUT2D eigenvalue weighted by Crippen LogP contribution is 2.44. The molecular weight excluding hydrogens is 455 g/mol. The third-order valence-corrected chi connectivity index (χ3v) is 7.24. The molecule has 4 heterocycles. The molecule has 2 fully saturated rings. The molecule has 35 heavy (non-hydrogen) atoms. The van der Waals surface area contributed by atoms with E-state index in [0.717, 1.165) is 24.0 Å². The minimum absolute atomic E-state index is 0.0478. The lowest BCUT2D eigenvalue weighted by Crippen LogP contribution is -2.41. The van der Waals surface area contributed by atoms with Crippen LogP contribution < -0.4 is 31.9 Å². The van der Waals surface area contributed by atoms with E-state index in [1.165, 1.54) is 37.0 Å². The van der Waals surface area contributed by atoms with Crippen molar-refractivity contribution in [2.24, 2.45) is 25.7 Å². The second-order valence-electron chi connectivity index (χ2n) is 9.36. The van der Waals surface area contributed by atoms with Crippen molar-refractivity contribution in [1.82, 2.24) is 24.1 Å². The first-order chi connectivity index (χ1) is 16.7. The highest BCUT2D eigenvalue weighted by atomic mass is 19.1. The number of ether oxygens (including phenoxy) is 1. The second-order valence-corrected chi connectivity index (χ2v) is 9.36. The summed E-state index contributed by atoms with van der Waals surface area (Å²) in [4.78, 5) is 39.4. The molecule has 2 bridgehead atoms. The molecule has 12 heteroatoms. The summed E-state index contributed by atoms with van der Waals surface area (Å²) >= 11 is 0. The molecule has 3 atom stereocenters. The van der Waals surface area contributed by atoms with Crippen molar-refractivity contribution in [2.45, 2.75) is 24.9 Å². The monoisotopic (exact) mass is 480 g/mol. The number of nitrogens with zero attached hydrogens (tertiary/aromatic N) is 5. The molecule has 1 aliphatic carbocycles. The van der Waals surface area contributed by atoms with E-state index in [-0.39, 0.29) is 29.7 Å². The number of hydrogen-bond acceptors (Lipinski definition) is 8. The lowest BCUT2D eigenvalue weighted by Gasteiger charge is -2.31. The molecule has 1 aromatic carbocycles. The van der Waals surface area contributed by atoms with Crippen LogP contribution in [0.2, 0.25) is 0 Å². The summed E-state index contributed by atoms with van der Waals surface area (Å²) in [6.45, 7) is 0.722. The summed E-state index contributed by atoms with van der Waals surface area (Å²) in [5, 5.41) is 4.34. The normalized spacial score (nSPS) is 21.4. The van der Waals surface area contributed by atoms with Crippen LogP contribution in [0.4, 0.5) is 15.9 Å². The van der Waals surface area contributed by atoms with E-state index in [1.807, 2.05) is 0 Å². The number of hydrogen-bond donors (Lipinski definition) is 3. The van der Waals surface area contributed by atoms with E-state index in [4.69, 9.17) is 15.5 Å². The zero-order valence-corrected chi connectivity index (χ0v) is 19.5. The van der Waals surface area contributed by atoms with Gasteiger partial charge >= 0.3 is 11.7 Å². The molecule has 3 aromatic heterocycles. The Morgan fingerprint density at radius 3 is 2.71 bits per heavy atom. The molecule has 4 N–H and O–H groups in total. The first-order valence-electron chi connectivity index (χ1n) is 11.4. The van der Waals surface area contributed by atoms with Gasteiger partial charge in [-0.05, 0) is 30.9 Å². The number of nitrogens with two attached hydrogens (primary N) is 1. The number of aryl methyl sites for hydroxylation is 1.